The van der Waals surface area contributed by atoms with E-state index in [-0.39, 0.29) is 21.1 Å². The smallest absolute Gasteiger partial charge is 0.409 e. The van der Waals surface area contributed by atoms with Crippen LogP contribution in [0.15, 0.2) is 58.3 Å². The first-order valence-corrected chi connectivity index (χ1v) is 10.7. The van der Waals surface area contributed by atoms with Gasteiger partial charge in [-0.1, -0.05) is 18.2 Å². The highest BCUT2D eigenvalue weighted by Crippen LogP contribution is 2.25. The molecule has 2 aromatic rings. The lowest BCUT2D eigenvalue weighted by Crippen LogP contribution is -2.32. The van der Waals surface area contributed by atoms with Crippen molar-refractivity contribution in [2.24, 2.45) is 0 Å². The highest BCUT2D eigenvalue weighted by atomic mass is 32.2. The third-order valence-corrected chi connectivity index (χ3v) is 5.82. The Morgan fingerprint density at radius 1 is 1.12 bits per heavy atom. The van der Waals surface area contributed by atoms with E-state index in [2.05, 4.69) is 5.32 Å². The predicted molar refractivity (Wildman–Crippen MR) is 91.9 cm³/mol. The summed E-state index contributed by atoms with van der Waals surface area (Å²) in [5, 5.41) is 10.9. The molecule has 2 rings (SSSR count). The van der Waals surface area contributed by atoms with Gasteiger partial charge in [-0.25, -0.2) is 21.6 Å². The molecule has 1 N–H and O–H groups in total. The minimum absolute atomic E-state index is 0.0236. The average molecular weight is 394 g/mol. The molecule has 10 heteroatoms. The van der Waals surface area contributed by atoms with Crippen LogP contribution in [0.1, 0.15) is 5.56 Å². The lowest BCUT2D eigenvalue weighted by molar-refractivity contribution is 0.201. The number of ether oxygens (including phenoxy) is 1. The zero-order valence-electron chi connectivity index (χ0n) is 13.5. The molecule has 0 aromatic heterocycles. The molecule has 136 valence electrons. The molecule has 8 nitrogen and oxygen atoms in total. The summed E-state index contributed by atoms with van der Waals surface area (Å²) in [5.74, 6) is -1.03. The van der Waals surface area contributed by atoms with Gasteiger partial charge >= 0.3 is 6.09 Å². The number of nitrogens with one attached hydrogen (secondary N) is 1. The number of rotatable bonds is 5. The normalized spacial score (nSPS) is 11.4. The largest absolute Gasteiger partial charge is 0.413 e. The van der Waals surface area contributed by atoms with Crippen molar-refractivity contribution in [3.63, 3.8) is 0 Å². The number of carbonyl (C=O) groups excluding carboxylic acids is 1. The molecule has 0 aliphatic heterocycles. The molecule has 0 spiro atoms. The molecular formula is C16H14N2O6S2. The fourth-order valence-corrected chi connectivity index (χ4v) is 3.82. The molecule has 0 aliphatic rings. The van der Waals surface area contributed by atoms with Gasteiger partial charge in [-0.15, -0.1) is 0 Å². The number of hydrogen-bond donors (Lipinski definition) is 1. The summed E-state index contributed by atoms with van der Waals surface area (Å²) in [6.07, 6.45) is -0.243. The Morgan fingerprint density at radius 3 is 2.35 bits per heavy atom. The fourth-order valence-electron chi connectivity index (χ4n) is 1.95. The molecule has 0 radical (unpaired) electrons. The molecule has 1 amide bonds. The van der Waals surface area contributed by atoms with Gasteiger partial charge in [-0.05, 0) is 30.3 Å². The van der Waals surface area contributed by atoms with Crippen molar-refractivity contribution in [1.82, 2.24) is 5.32 Å². The zero-order valence-corrected chi connectivity index (χ0v) is 15.2. The van der Waals surface area contributed by atoms with Gasteiger partial charge in [0.05, 0.1) is 16.5 Å². The first-order chi connectivity index (χ1) is 12.1. The first kappa shape index (κ1) is 19.4. The van der Waals surface area contributed by atoms with E-state index in [1.165, 1.54) is 18.2 Å². The van der Waals surface area contributed by atoms with Gasteiger partial charge in [-0.2, -0.15) is 5.26 Å². The molecule has 0 aliphatic carbocycles. The number of nitriles is 1. The second-order valence-electron chi connectivity index (χ2n) is 5.18. The lowest BCUT2D eigenvalue weighted by Gasteiger charge is -2.10. The Balaban J connectivity index is 2.15. The summed E-state index contributed by atoms with van der Waals surface area (Å²) in [7, 11) is -7.54. The summed E-state index contributed by atoms with van der Waals surface area (Å²) in [6, 6.07) is 12.8. The molecule has 26 heavy (non-hydrogen) atoms. The van der Waals surface area contributed by atoms with Crippen LogP contribution >= 0.6 is 0 Å². The van der Waals surface area contributed by atoms with E-state index in [0.29, 0.717) is 0 Å². The molecular weight excluding hydrogens is 380 g/mol. The van der Waals surface area contributed by atoms with Crippen LogP contribution in [0.3, 0.4) is 0 Å². The average Bonchev–Trinajstić information content (AvgIpc) is 2.60. The van der Waals surface area contributed by atoms with Crippen molar-refractivity contribution in [2.45, 2.75) is 9.79 Å². The van der Waals surface area contributed by atoms with Crippen molar-refractivity contribution in [3.8, 4) is 11.8 Å². The molecule has 0 atom stereocenters. The van der Waals surface area contributed by atoms with Crippen LogP contribution in [-0.2, 0) is 19.7 Å². The van der Waals surface area contributed by atoms with Gasteiger partial charge in [0.2, 0.25) is 0 Å². The Bertz CT molecular complexity index is 1070. The van der Waals surface area contributed by atoms with Crippen molar-refractivity contribution < 1.29 is 26.4 Å². The number of amides is 1. The van der Waals surface area contributed by atoms with Gasteiger partial charge in [0, 0.05) is 6.26 Å². The summed E-state index contributed by atoms with van der Waals surface area (Å²) in [5.41, 5.74) is 0.0739. The Kier molecular flexibility index (Phi) is 5.64. The standard InChI is InChI=1S/C16H14N2O6S2/c1-25(20,21)15-9-12(10-17)7-8-14(15)24-16(19)18-11-26(22,23)13-5-3-2-4-6-13/h2-9H,11H2,1H3,(H,18,19). The van der Waals surface area contributed by atoms with Crippen molar-refractivity contribution >= 4 is 25.8 Å². The highest BCUT2D eigenvalue weighted by molar-refractivity contribution is 7.91. The monoisotopic (exact) mass is 394 g/mol. The summed E-state index contributed by atoms with van der Waals surface area (Å²) >= 11 is 0. The third kappa shape index (κ3) is 4.81. The van der Waals surface area contributed by atoms with E-state index in [0.717, 1.165) is 18.4 Å². The van der Waals surface area contributed by atoms with Gasteiger partial charge in [0.15, 0.2) is 25.4 Å². The molecule has 0 heterocycles. The maximum atomic E-state index is 12.1. The van der Waals surface area contributed by atoms with Crippen LogP contribution in [0, 0.1) is 11.3 Å². The molecule has 0 saturated carbocycles. The minimum atomic E-state index is -3.77. The van der Waals surface area contributed by atoms with Crippen molar-refractivity contribution in [3.05, 3.63) is 54.1 Å². The fraction of sp³-hybridized carbons (Fsp3) is 0.125. The number of nitrogens with zero attached hydrogens (tertiary/aromatic N) is 1. The van der Waals surface area contributed by atoms with Crippen molar-refractivity contribution in [2.75, 3.05) is 12.1 Å². The molecule has 0 unspecified atom stereocenters. The first-order valence-electron chi connectivity index (χ1n) is 7.11. The Labute approximate surface area is 150 Å². The second-order valence-corrected chi connectivity index (χ2v) is 9.16. The summed E-state index contributed by atoms with van der Waals surface area (Å²) in [6.45, 7) is 0. The van der Waals surface area contributed by atoms with Crippen LogP contribution in [0.25, 0.3) is 0 Å². The van der Waals surface area contributed by atoms with Crippen molar-refractivity contribution in [1.29, 1.82) is 5.26 Å². The predicted octanol–water partition coefficient (Wildman–Crippen LogP) is 1.48. The van der Waals surface area contributed by atoms with Crippen LogP contribution in [0.2, 0.25) is 0 Å². The lowest BCUT2D eigenvalue weighted by atomic mass is 10.2. The Morgan fingerprint density at radius 2 is 1.77 bits per heavy atom. The minimum Gasteiger partial charge on any atom is -0.409 e. The third-order valence-electron chi connectivity index (χ3n) is 3.18. The van der Waals surface area contributed by atoms with E-state index in [1.54, 1.807) is 24.3 Å². The number of hydrogen-bond acceptors (Lipinski definition) is 7. The van der Waals surface area contributed by atoms with Crippen LogP contribution < -0.4 is 10.1 Å². The maximum absolute atomic E-state index is 12.1. The van der Waals surface area contributed by atoms with E-state index < -0.39 is 31.6 Å². The van der Waals surface area contributed by atoms with E-state index in [9.17, 15) is 21.6 Å². The topological polar surface area (TPSA) is 130 Å². The molecule has 2 aromatic carbocycles. The van der Waals surface area contributed by atoms with E-state index in [4.69, 9.17) is 10.00 Å². The molecule has 0 bridgehead atoms. The number of benzene rings is 2. The molecule has 0 fully saturated rings. The van der Waals surface area contributed by atoms with Gasteiger partial charge in [-0.3, -0.25) is 0 Å². The SMILES string of the molecule is CS(=O)(=O)c1cc(C#N)ccc1OC(=O)NCS(=O)(=O)c1ccccc1. The van der Waals surface area contributed by atoms with E-state index >= 15 is 0 Å². The van der Waals surface area contributed by atoms with Gasteiger partial charge in [0.25, 0.3) is 0 Å². The zero-order chi connectivity index (χ0) is 19.4. The second kappa shape index (κ2) is 7.55. The Hall–Kier alpha value is -2.90. The quantitative estimate of drug-likeness (QED) is 0.813. The number of carbonyl (C=O) groups is 1. The summed E-state index contributed by atoms with van der Waals surface area (Å²) in [4.78, 5) is 11.5. The van der Waals surface area contributed by atoms with Crippen LogP contribution in [0.4, 0.5) is 4.79 Å². The van der Waals surface area contributed by atoms with E-state index in [1.807, 2.05) is 0 Å². The van der Waals surface area contributed by atoms with Gasteiger partial charge in [0.1, 0.15) is 10.8 Å². The molecule has 0 saturated heterocycles. The maximum Gasteiger partial charge on any atom is 0.413 e. The van der Waals surface area contributed by atoms with Gasteiger partial charge < -0.3 is 10.1 Å². The van der Waals surface area contributed by atoms with Crippen LogP contribution in [-0.4, -0.2) is 35.1 Å². The number of sulfone groups is 2. The summed E-state index contributed by atoms with van der Waals surface area (Å²) < 4.78 is 52.7. The highest BCUT2D eigenvalue weighted by Gasteiger charge is 2.20. The van der Waals surface area contributed by atoms with Crippen LogP contribution in [0.5, 0.6) is 5.75 Å².